The van der Waals surface area contributed by atoms with Crippen LogP contribution in [0.1, 0.15) is 20.3 Å². The first kappa shape index (κ1) is 8.95. The van der Waals surface area contributed by atoms with Crippen LogP contribution in [0, 0.1) is 0 Å². The van der Waals surface area contributed by atoms with Crippen molar-refractivity contribution in [3.05, 3.63) is 24.5 Å². The second-order valence-electron chi connectivity index (χ2n) is 1.83. The maximum atomic E-state index is 10.8. The summed E-state index contributed by atoms with van der Waals surface area (Å²) in [4.78, 5) is 10.8. The minimum absolute atomic E-state index is 0.347. The summed E-state index contributed by atoms with van der Waals surface area (Å²) in [5.41, 5.74) is 0.498. The molecular formula is C8H12O2. The van der Waals surface area contributed by atoms with E-state index in [1.165, 1.54) is 6.26 Å². The molecule has 0 spiro atoms. The third-order valence-electron chi connectivity index (χ3n) is 1.03. The Morgan fingerprint density at radius 1 is 1.70 bits per heavy atom. The van der Waals surface area contributed by atoms with E-state index < -0.39 is 0 Å². The van der Waals surface area contributed by atoms with Crippen LogP contribution >= 0.6 is 0 Å². The SMILES string of the molecule is C=C(CC)C(=O)OC=CC. The highest BCUT2D eigenvalue weighted by Crippen LogP contribution is 1.99. The standard InChI is InChI=1S/C8H12O2/c1-4-6-10-8(9)7(3)5-2/h4,6H,3,5H2,1-2H3. The summed E-state index contributed by atoms with van der Waals surface area (Å²) < 4.78 is 4.62. The summed E-state index contributed by atoms with van der Waals surface area (Å²) in [6.07, 6.45) is 3.64. The molecule has 10 heavy (non-hydrogen) atoms. The number of allylic oxidation sites excluding steroid dienone is 1. The fourth-order valence-electron chi connectivity index (χ4n) is 0.358. The number of rotatable bonds is 3. The van der Waals surface area contributed by atoms with Crippen LogP contribution in [0.2, 0.25) is 0 Å². The maximum Gasteiger partial charge on any atom is 0.338 e. The van der Waals surface area contributed by atoms with Crippen molar-refractivity contribution in [2.24, 2.45) is 0 Å². The molecule has 0 aromatic heterocycles. The second kappa shape index (κ2) is 4.79. The van der Waals surface area contributed by atoms with Gasteiger partial charge in [-0.2, -0.15) is 0 Å². The number of ether oxygens (including phenoxy) is 1. The molecule has 0 fully saturated rings. The quantitative estimate of drug-likeness (QED) is 0.340. The number of carbonyl (C=O) groups excluding carboxylic acids is 1. The van der Waals surface area contributed by atoms with Crippen LogP contribution < -0.4 is 0 Å². The predicted octanol–water partition coefficient (Wildman–Crippen LogP) is 2.03. The summed E-state index contributed by atoms with van der Waals surface area (Å²) in [5, 5.41) is 0. The summed E-state index contributed by atoms with van der Waals surface area (Å²) >= 11 is 0. The van der Waals surface area contributed by atoms with Gasteiger partial charge in [-0.1, -0.05) is 19.6 Å². The Labute approximate surface area is 61.2 Å². The molecule has 0 unspecified atom stereocenters. The van der Waals surface area contributed by atoms with E-state index in [-0.39, 0.29) is 5.97 Å². The molecule has 0 rings (SSSR count). The molecule has 0 amide bonds. The van der Waals surface area contributed by atoms with Gasteiger partial charge in [0.05, 0.1) is 6.26 Å². The zero-order valence-electron chi connectivity index (χ0n) is 6.39. The van der Waals surface area contributed by atoms with Gasteiger partial charge in [-0.05, 0) is 13.3 Å². The van der Waals surface area contributed by atoms with Crippen molar-refractivity contribution in [2.75, 3.05) is 0 Å². The number of carbonyl (C=O) groups is 1. The third-order valence-corrected chi connectivity index (χ3v) is 1.03. The van der Waals surface area contributed by atoms with Gasteiger partial charge in [-0.25, -0.2) is 4.79 Å². The van der Waals surface area contributed by atoms with Gasteiger partial charge in [0.15, 0.2) is 0 Å². The maximum absolute atomic E-state index is 10.8. The van der Waals surface area contributed by atoms with Crippen LogP contribution in [-0.4, -0.2) is 5.97 Å². The normalized spacial score (nSPS) is 9.80. The van der Waals surface area contributed by atoms with Crippen LogP contribution in [0.4, 0.5) is 0 Å². The van der Waals surface area contributed by atoms with E-state index in [4.69, 9.17) is 0 Å². The molecular weight excluding hydrogens is 128 g/mol. The van der Waals surface area contributed by atoms with Crippen LogP contribution in [0.25, 0.3) is 0 Å². The van der Waals surface area contributed by atoms with Crippen molar-refractivity contribution in [1.82, 2.24) is 0 Å². The Kier molecular flexibility index (Phi) is 4.29. The van der Waals surface area contributed by atoms with E-state index in [0.29, 0.717) is 12.0 Å². The minimum atomic E-state index is -0.347. The molecule has 0 aromatic rings. The van der Waals surface area contributed by atoms with Gasteiger partial charge < -0.3 is 4.74 Å². The molecule has 0 N–H and O–H groups in total. The highest BCUT2D eigenvalue weighted by molar-refractivity contribution is 5.87. The van der Waals surface area contributed by atoms with Crippen molar-refractivity contribution >= 4 is 5.97 Å². The van der Waals surface area contributed by atoms with Gasteiger partial charge in [-0.3, -0.25) is 0 Å². The van der Waals surface area contributed by atoms with Crippen molar-refractivity contribution in [3.8, 4) is 0 Å². The fraction of sp³-hybridized carbons (Fsp3) is 0.375. The van der Waals surface area contributed by atoms with Gasteiger partial charge in [-0.15, -0.1) is 0 Å². The summed E-state index contributed by atoms with van der Waals surface area (Å²) in [5.74, 6) is -0.347. The second-order valence-corrected chi connectivity index (χ2v) is 1.83. The number of hydrogen-bond acceptors (Lipinski definition) is 2. The Balaban J connectivity index is 3.74. The molecule has 0 aliphatic heterocycles. The summed E-state index contributed by atoms with van der Waals surface area (Å²) in [6, 6.07) is 0. The van der Waals surface area contributed by atoms with E-state index in [9.17, 15) is 4.79 Å². The lowest BCUT2D eigenvalue weighted by atomic mass is 10.2. The average molecular weight is 140 g/mol. The van der Waals surface area contributed by atoms with E-state index in [0.717, 1.165) is 0 Å². The highest BCUT2D eigenvalue weighted by atomic mass is 16.5. The van der Waals surface area contributed by atoms with Gasteiger partial charge in [0.25, 0.3) is 0 Å². The average Bonchev–Trinajstić information content (AvgIpc) is 1.98. The van der Waals surface area contributed by atoms with Crippen molar-refractivity contribution in [1.29, 1.82) is 0 Å². The van der Waals surface area contributed by atoms with Crippen LogP contribution in [0.5, 0.6) is 0 Å². The first-order valence-electron chi connectivity index (χ1n) is 3.22. The first-order chi connectivity index (χ1) is 4.72. The molecule has 0 radical (unpaired) electrons. The van der Waals surface area contributed by atoms with Crippen molar-refractivity contribution in [3.63, 3.8) is 0 Å². The van der Waals surface area contributed by atoms with Crippen molar-refractivity contribution in [2.45, 2.75) is 20.3 Å². The van der Waals surface area contributed by atoms with Gasteiger partial charge in [0.2, 0.25) is 0 Å². The minimum Gasteiger partial charge on any atom is -0.432 e. The molecule has 0 heterocycles. The smallest absolute Gasteiger partial charge is 0.338 e. The molecule has 0 saturated heterocycles. The summed E-state index contributed by atoms with van der Waals surface area (Å²) in [6.45, 7) is 7.16. The largest absolute Gasteiger partial charge is 0.432 e. The molecule has 56 valence electrons. The monoisotopic (exact) mass is 140 g/mol. The molecule has 0 aliphatic carbocycles. The van der Waals surface area contributed by atoms with E-state index in [1.807, 2.05) is 6.92 Å². The Morgan fingerprint density at radius 3 is 2.70 bits per heavy atom. The van der Waals surface area contributed by atoms with E-state index in [1.54, 1.807) is 13.0 Å². The molecule has 0 aliphatic rings. The highest BCUT2D eigenvalue weighted by Gasteiger charge is 2.02. The molecule has 0 atom stereocenters. The lowest BCUT2D eigenvalue weighted by Gasteiger charge is -1.97. The predicted molar refractivity (Wildman–Crippen MR) is 40.3 cm³/mol. The fourth-order valence-corrected chi connectivity index (χ4v) is 0.358. The van der Waals surface area contributed by atoms with Gasteiger partial charge in [0, 0.05) is 5.57 Å². The molecule has 0 bridgehead atoms. The van der Waals surface area contributed by atoms with Gasteiger partial charge >= 0.3 is 5.97 Å². The molecule has 0 saturated carbocycles. The molecule has 2 heteroatoms. The Hall–Kier alpha value is -1.05. The zero-order valence-corrected chi connectivity index (χ0v) is 6.39. The number of hydrogen-bond donors (Lipinski definition) is 0. The van der Waals surface area contributed by atoms with E-state index >= 15 is 0 Å². The lowest BCUT2D eigenvalue weighted by Crippen LogP contribution is -2.01. The van der Waals surface area contributed by atoms with Crippen molar-refractivity contribution < 1.29 is 9.53 Å². The Morgan fingerprint density at radius 2 is 2.30 bits per heavy atom. The topological polar surface area (TPSA) is 26.3 Å². The zero-order chi connectivity index (χ0) is 7.98. The molecule has 0 aromatic carbocycles. The summed E-state index contributed by atoms with van der Waals surface area (Å²) in [7, 11) is 0. The van der Waals surface area contributed by atoms with E-state index in [2.05, 4.69) is 11.3 Å². The lowest BCUT2D eigenvalue weighted by molar-refractivity contribution is -0.133. The number of esters is 1. The van der Waals surface area contributed by atoms with Crippen LogP contribution in [0.3, 0.4) is 0 Å². The van der Waals surface area contributed by atoms with Gasteiger partial charge in [0.1, 0.15) is 0 Å². The first-order valence-corrected chi connectivity index (χ1v) is 3.22. The third kappa shape index (κ3) is 3.07. The Bertz CT molecular complexity index is 157. The molecule has 2 nitrogen and oxygen atoms in total. The van der Waals surface area contributed by atoms with Crippen LogP contribution in [0.15, 0.2) is 24.5 Å². The van der Waals surface area contributed by atoms with Crippen LogP contribution in [-0.2, 0) is 9.53 Å².